The first-order chi connectivity index (χ1) is 9.65. The van der Waals surface area contributed by atoms with Crippen molar-refractivity contribution in [2.75, 3.05) is 0 Å². The number of imidazole rings is 1. The molecule has 0 bridgehead atoms. The standard InChI is InChI=1S/C16H16N2O2/c1-10-12(9-15-17-6-7-18-15)4-2-11-3-5-13(16(19)20)8-14(10)11/h3,5-8,12H,1-2,4,9H2,(H,17,18)(H,19,20). The summed E-state index contributed by atoms with van der Waals surface area (Å²) in [5.74, 6) is 0.375. The molecule has 1 atom stereocenters. The molecule has 0 spiro atoms. The fourth-order valence-electron chi connectivity index (χ4n) is 2.82. The molecule has 2 N–H and O–H groups in total. The molecule has 4 heteroatoms. The van der Waals surface area contributed by atoms with Crippen molar-refractivity contribution in [1.29, 1.82) is 0 Å². The number of allylic oxidation sites excluding steroid dienone is 1. The molecule has 102 valence electrons. The number of carboxylic acid groups (broad SMARTS) is 1. The largest absolute Gasteiger partial charge is 0.478 e. The maximum absolute atomic E-state index is 11.1. The van der Waals surface area contributed by atoms with Gasteiger partial charge in [0.25, 0.3) is 0 Å². The van der Waals surface area contributed by atoms with Crippen LogP contribution in [0.4, 0.5) is 0 Å². The molecule has 1 aromatic heterocycles. The van der Waals surface area contributed by atoms with Crippen LogP contribution in [-0.2, 0) is 12.8 Å². The first-order valence-corrected chi connectivity index (χ1v) is 6.69. The van der Waals surface area contributed by atoms with Crippen molar-refractivity contribution in [3.63, 3.8) is 0 Å². The van der Waals surface area contributed by atoms with Gasteiger partial charge >= 0.3 is 5.97 Å². The van der Waals surface area contributed by atoms with Gasteiger partial charge in [0.1, 0.15) is 5.82 Å². The Labute approximate surface area is 117 Å². The van der Waals surface area contributed by atoms with Gasteiger partial charge in [0.05, 0.1) is 5.56 Å². The summed E-state index contributed by atoms with van der Waals surface area (Å²) in [6.45, 7) is 4.18. The number of fused-ring (bicyclic) bond motifs is 1. The molecule has 20 heavy (non-hydrogen) atoms. The summed E-state index contributed by atoms with van der Waals surface area (Å²) in [4.78, 5) is 18.5. The van der Waals surface area contributed by atoms with Crippen LogP contribution in [0.1, 0.15) is 33.7 Å². The van der Waals surface area contributed by atoms with Crippen LogP contribution in [0, 0.1) is 5.92 Å². The molecule has 1 heterocycles. The van der Waals surface area contributed by atoms with E-state index in [1.807, 2.05) is 12.3 Å². The van der Waals surface area contributed by atoms with E-state index in [9.17, 15) is 4.79 Å². The molecular formula is C16H16N2O2. The lowest BCUT2D eigenvalue weighted by Crippen LogP contribution is -2.16. The maximum atomic E-state index is 11.1. The summed E-state index contributed by atoms with van der Waals surface area (Å²) in [5.41, 5.74) is 3.53. The van der Waals surface area contributed by atoms with Gasteiger partial charge in [-0.3, -0.25) is 0 Å². The summed E-state index contributed by atoms with van der Waals surface area (Å²) >= 11 is 0. The topological polar surface area (TPSA) is 66.0 Å². The number of nitrogens with zero attached hydrogens (tertiary/aromatic N) is 1. The molecule has 3 rings (SSSR count). The lowest BCUT2D eigenvalue weighted by Gasteiger charge is -2.27. The minimum atomic E-state index is -0.895. The molecule has 1 aromatic carbocycles. The average Bonchev–Trinajstić information content (AvgIpc) is 2.94. The van der Waals surface area contributed by atoms with Crippen LogP contribution >= 0.6 is 0 Å². The molecule has 4 nitrogen and oxygen atoms in total. The molecule has 0 saturated heterocycles. The van der Waals surface area contributed by atoms with Gasteiger partial charge in [-0.05, 0) is 47.6 Å². The highest BCUT2D eigenvalue weighted by Crippen LogP contribution is 2.36. The lowest BCUT2D eigenvalue weighted by atomic mass is 9.78. The van der Waals surface area contributed by atoms with Gasteiger partial charge in [-0.1, -0.05) is 12.6 Å². The third-order valence-corrected chi connectivity index (χ3v) is 3.95. The Morgan fingerprint density at radius 2 is 2.35 bits per heavy atom. The van der Waals surface area contributed by atoms with Crippen molar-refractivity contribution in [2.45, 2.75) is 19.3 Å². The van der Waals surface area contributed by atoms with E-state index in [2.05, 4.69) is 16.5 Å². The predicted octanol–water partition coefficient (Wildman–Crippen LogP) is 2.93. The Hall–Kier alpha value is -2.36. The lowest BCUT2D eigenvalue weighted by molar-refractivity contribution is 0.0697. The highest BCUT2D eigenvalue weighted by molar-refractivity contribution is 5.89. The monoisotopic (exact) mass is 268 g/mol. The first-order valence-electron chi connectivity index (χ1n) is 6.69. The van der Waals surface area contributed by atoms with Gasteiger partial charge in [0, 0.05) is 18.8 Å². The number of aromatic nitrogens is 2. The summed E-state index contributed by atoms with van der Waals surface area (Å²) in [6.07, 6.45) is 6.37. The molecule has 0 radical (unpaired) electrons. The number of aryl methyl sites for hydroxylation is 1. The normalized spacial score (nSPS) is 17.8. The van der Waals surface area contributed by atoms with Crippen molar-refractivity contribution in [3.8, 4) is 0 Å². The molecule has 1 aliphatic rings. The third-order valence-electron chi connectivity index (χ3n) is 3.95. The van der Waals surface area contributed by atoms with Gasteiger partial charge in [-0.15, -0.1) is 0 Å². The van der Waals surface area contributed by atoms with Gasteiger partial charge in [-0.2, -0.15) is 0 Å². The molecule has 2 aromatic rings. The van der Waals surface area contributed by atoms with Gasteiger partial charge in [0.2, 0.25) is 0 Å². The minimum absolute atomic E-state index is 0.317. The Bertz CT molecular complexity index is 659. The molecule has 0 amide bonds. The zero-order valence-corrected chi connectivity index (χ0v) is 11.1. The van der Waals surface area contributed by atoms with Crippen LogP contribution in [0.25, 0.3) is 5.57 Å². The van der Waals surface area contributed by atoms with Gasteiger partial charge < -0.3 is 10.1 Å². The fraction of sp³-hybridized carbons (Fsp3) is 0.250. The van der Waals surface area contributed by atoms with Crippen molar-refractivity contribution in [3.05, 3.63) is 59.7 Å². The molecule has 0 fully saturated rings. The average molecular weight is 268 g/mol. The van der Waals surface area contributed by atoms with E-state index in [0.29, 0.717) is 11.5 Å². The molecule has 0 saturated carbocycles. The second-order valence-corrected chi connectivity index (χ2v) is 5.18. The number of hydrogen-bond donors (Lipinski definition) is 2. The van der Waals surface area contributed by atoms with Crippen LogP contribution in [0.15, 0.2) is 37.2 Å². The number of benzene rings is 1. The Morgan fingerprint density at radius 3 is 3.05 bits per heavy atom. The van der Waals surface area contributed by atoms with Gasteiger partial charge in [-0.25, -0.2) is 9.78 Å². The van der Waals surface area contributed by atoms with Crippen LogP contribution in [0.2, 0.25) is 0 Å². The predicted molar refractivity (Wildman–Crippen MR) is 76.5 cm³/mol. The highest BCUT2D eigenvalue weighted by atomic mass is 16.4. The fourth-order valence-corrected chi connectivity index (χ4v) is 2.82. The van der Waals surface area contributed by atoms with E-state index in [4.69, 9.17) is 5.11 Å². The number of carboxylic acids is 1. The van der Waals surface area contributed by atoms with Gasteiger partial charge in [0.15, 0.2) is 0 Å². The smallest absolute Gasteiger partial charge is 0.335 e. The van der Waals surface area contributed by atoms with E-state index in [1.54, 1.807) is 18.3 Å². The number of aromatic carboxylic acids is 1. The van der Waals surface area contributed by atoms with Crippen LogP contribution in [0.3, 0.4) is 0 Å². The van der Waals surface area contributed by atoms with Crippen LogP contribution in [0.5, 0.6) is 0 Å². The van der Waals surface area contributed by atoms with Crippen molar-refractivity contribution in [1.82, 2.24) is 9.97 Å². The number of nitrogens with one attached hydrogen (secondary N) is 1. The summed E-state index contributed by atoms with van der Waals surface area (Å²) in [6, 6.07) is 5.32. The first kappa shape index (κ1) is 12.7. The Morgan fingerprint density at radius 1 is 1.50 bits per heavy atom. The van der Waals surface area contributed by atoms with E-state index in [1.165, 1.54) is 5.56 Å². The van der Waals surface area contributed by atoms with Crippen molar-refractivity contribution in [2.24, 2.45) is 5.92 Å². The number of hydrogen-bond acceptors (Lipinski definition) is 2. The highest BCUT2D eigenvalue weighted by Gasteiger charge is 2.24. The summed E-state index contributed by atoms with van der Waals surface area (Å²) in [5, 5.41) is 9.10. The molecular weight excluding hydrogens is 252 g/mol. The minimum Gasteiger partial charge on any atom is -0.478 e. The van der Waals surface area contributed by atoms with E-state index < -0.39 is 5.97 Å². The number of aromatic amines is 1. The zero-order chi connectivity index (χ0) is 14.1. The van der Waals surface area contributed by atoms with Crippen LogP contribution in [-0.4, -0.2) is 21.0 Å². The maximum Gasteiger partial charge on any atom is 0.335 e. The zero-order valence-electron chi connectivity index (χ0n) is 11.1. The Kier molecular flexibility index (Phi) is 3.14. The molecule has 1 unspecified atom stereocenters. The van der Waals surface area contributed by atoms with E-state index in [-0.39, 0.29) is 0 Å². The second kappa shape index (κ2) is 4.96. The van der Waals surface area contributed by atoms with Crippen molar-refractivity contribution >= 4 is 11.5 Å². The third kappa shape index (κ3) is 2.25. The second-order valence-electron chi connectivity index (χ2n) is 5.18. The van der Waals surface area contributed by atoms with Crippen molar-refractivity contribution < 1.29 is 9.90 Å². The summed E-state index contributed by atoms with van der Waals surface area (Å²) in [7, 11) is 0. The number of rotatable bonds is 3. The Balaban J connectivity index is 1.89. The van der Waals surface area contributed by atoms with E-state index >= 15 is 0 Å². The molecule has 0 aliphatic heterocycles. The summed E-state index contributed by atoms with van der Waals surface area (Å²) < 4.78 is 0. The molecule has 1 aliphatic carbocycles. The number of carbonyl (C=O) groups is 1. The number of H-pyrrole nitrogens is 1. The van der Waals surface area contributed by atoms with E-state index in [0.717, 1.165) is 36.2 Å². The quantitative estimate of drug-likeness (QED) is 0.899. The SMILES string of the molecule is C=C1c2cc(C(=O)O)ccc2CCC1Cc1ncc[nH]1. The van der Waals surface area contributed by atoms with Crippen LogP contribution < -0.4 is 0 Å².